The number of benzene rings is 3. The van der Waals surface area contributed by atoms with E-state index in [0.29, 0.717) is 49.9 Å². The molecule has 2 heterocycles. The van der Waals surface area contributed by atoms with Gasteiger partial charge >= 0.3 is 6.09 Å². The summed E-state index contributed by atoms with van der Waals surface area (Å²) in [6.07, 6.45) is 8.56. The van der Waals surface area contributed by atoms with Gasteiger partial charge in [0.15, 0.2) is 11.5 Å². The van der Waals surface area contributed by atoms with Crippen LogP contribution in [0.4, 0.5) is 9.18 Å². The molecule has 2 saturated heterocycles. The number of rotatable bonds is 10. The van der Waals surface area contributed by atoms with Crippen LogP contribution in [0, 0.1) is 5.82 Å². The normalized spacial score (nSPS) is 17.8. The third-order valence-electron chi connectivity index (χ3n) is 9.96. The molecular formula is C40H45FN2O5. The van der Waals surface area contributed by atoms with E-state index in [2.05, 4.69) is 4.90 Å². The lowest BCUT2D eigenvalue weighted by molar-refractivity contribution is -0.118. The number of halogens is 1. The number of likely N-dealkylation sites (tertiary alicyclic amines) is 2. The van der Waals surface area contributed by atoms with Crippen LogP contribution in [0.1, 0.15) is 74.1 Å². The van der Waals surface area contributed by atoms with E-state index in [9.17, 15) is 14.0 Å². The van der Waals surface area contributed by atoms with Crippen molar-refractivity contribution in [3.63, 3.8) is 0 Å². The first-order valence-corrected chi connectivity index (χ1v) is 17.1. The van der Waals surface area contributed by atoms with Gasteiger partial charge in [-0.15, -0.1) is 0 Å². The highest BCUT2D eigenvalue weighted by Crippen LogP contribution is 2.46. The van der Waals surface area contributed by atoms with Crippen molar-refractivity contribution in [1.82, 2.24) is 9.80 Å². The Hall–Kier alpha value is -4.43. The van der Waals surface area contributed by atoms with E-state index < -0.39 is 6.09 Å². The van der Waals surface area contributed by atoms with Crippen LogP contribution in [-0.2, 0) is 11.2 Å². The molecule has 0 atom stereocenters. The van der Waals surface area contributed by atoms with Crippen molar-refractivity contribution in [3.8, 4) is 17.2 Å². The summed E-state index contributed by atoms with van der Waals surface area (Å²) in [4.78, 5) is 30.5. The van der Waals surface area contributed by atoms with Gasteiger partial charge in [-0.2, -0.15) is 0 Å². The number of carbonyl (C=O) groups is 2. The number of hydrogen-bond acceptors (Lipinski definition) is 6. The Labute approximate surface area is 283 Å². The number of fused-ring (bicyclic) bond motifs is 1. The minimum Gasteiger partial charge on any atom is -0.493 e. The highest BCUT2D eigenvalue weighted by molar-refractivity contribution is 6.05. The van der Waals surface area contributed by atoms with Crippen LogP contribution < -0.4 is 14.2 Å². The van der Waals surface area contributed by atoms with E-state index in [1.807, 2.05) is 55.5 Å². The number of ketones is 1. The van der Waals surface area contributed by atoms with Crippen LogP contribution in [-0.4, -0.2) is 68.1 Å². The predicted molar refractivity (Wildman–Crippen MR) is 187 cm³/mol. The molecule has 0 saturated carbocycles. The van der Waals surface area contributed by atoms with Crippen molar-refractivity contribution < 1.29 is 28.2 Å². The van der Waals surface area contributed by atoms with Crippen molar-refractivity contribution in [2.24, 2.45) is 0 Å². The summed E-state index contributed by atoms with van der Waals surface area (Å²) < 4.78 is 31.9. The maximum Gasteiger partial charge on any atom is 0.415 e. The fourth-order valence-corrected chi connectivity index (χ4v) is 7.35. The summed E-state index contributed by atoms with van der Waals surface area (Å²) in [6, 6.07) is 18.7. The number of amides is 1. The van der Waals surface area contributed by atoms with Gasteiger partial charge < -0.3 is 24.0 Å². The number of ether oxygens (including phenoxy) is 3. The molecule has 8 heteroatoms. The Morgan fingerprint density at radius 1 is 0.875 bits per heavy atom. The predicted octanol–water partition coefficient (Wildman–Crippen LogP) is 8.21. The Kier molecular flexibility index (Phi) is 10.6. The molecule has 0 bridgehead atoms. The van der Waals surface area contributed by atoms with Crippen molar-refractivity contribution in [3.05, 3.63) is 94.3 Å². The van der Waals surface area contributed by atoms with E-state index in [1.54, 1.807) is 17.0 Å². The lowest BCUT2D eigenvalue weighted by Gasteiger charge is -2.39. The monoisotopic (exact) mass is 652 g/mol. The molecule has 0 aromatic heterocycles. The molecule has 1 aliphatic carbocycles. The smallest absolute Gasteiger partial charge is 0.415 e. The summed E-state index contributed by atoms with van der Waals surface area (Å²) in [5, 5.41) is 0. The maximum absolute atomic E-state index is 14.5. The van der Waals surface area contributed by atoms with Gasteiger partial charge in [-0.1, -0.05) is 42.8 Å². The minimum atomic E-state index is -0.410. The molecular weight excluding hydrogens is 607 g/mol. The van der Waals surface area contributed by atoms with Gasteiger partial charge in [0.2, 0.25) is 5.75 Å². The molecule has 48 heavy (non-hydrogen) atoms. The zero-order chi connectivity index (χ0) is 33.6. The molecule has 0 spiro atoms. The highest BCUT2D eigenvalue weighted by Gasteiger charge is 2.30. The zero-order valence-electron chi connectivity index (χ0n) is 28.2. The third kappa shape index (κ3) is 7.49. The summed E-state index contributed by atoms with van der Waals surface area (Å²) in [5.41, 5.74) is 6.36. The van der Waals surface area contributed by atoms with Crippen LogP contribution in [0.3, 0.4) is 0 Å². The van der Waals surface area contributed by atoms with Gasteiger partial charge in [0, 0.05) is 32.0 Å². The topological polar surface area (TPSA) is 68.3 Å². The number of hydrogen-bond donors (Lipinski definition) is 0. The first-order valence-electron chi connectivity index (χ1n) is 17.1. The molecule has 3 aromatic rings. The van der Waals surface area contributed by atoms with Crippen molar-refractivity contribution in [2.45, 2.75) is 64.3 Å². The quantitative estimate of drug-likeness (QED) is 0.220. The molecule has 6 rings (SSSR count). The molecule has 2 fully saturated rings. The minimum absolute atomic E-state index is 0.142. The number of methoxy groups -OCH3 is 2. The molecule has 2 aliphatic heterocycles. The average Bonchev–Trinajstić information content (AvgIpc) is 3.37. The Morgan fingerprint density at radius 2 is 1.56 bits per heavy atom. The average molecular weight is 653 g/mol. The second kappa shape index (κ2) is 15.2. The second-order valence-corrected chi connectivity index (χ2v) is 13.0. The Bertz CT molecular complexity index is 1680. The molecule has 3 aliphatic rings. The van der Waals surface area contributed by atoms with Gasteiger partial charge in [0.25, 0.3) is 0 Å². The first kappa shape index (κ1) is 33.5. The van der Waals surface area contributed by atoms with Crippen LogP contribution >= 0.6 is 0 Å². The molecule has 0 unspecified atom stereocenters. The number of Topliss-reactive ketones (excluding diaryl/α,β-unsaturated/α-hetero) is 1. The van der Waals surface area contributed by atoms with E-state index >= 15 is 0 Å². The van der Waals surface area contributed by atoms with E-state index in [4.69, 9.17) is 14.2 Å². The third-order valence-corrected chi connectivity index (χ3v) is 9.96. The number of allylic oxidation sites excluding steroid dienone is 3. The first-order chi connectivity index (χ1) is 23.3. The fourth-order valence-electron chi connectivity index (χ4n) is 7.35. The largest absolute Gasteiger partial charge is 0.493 e. The van der Waals surface area contributed by atoms with Crippen LogP contribution in [0.15, 0.2) is 66.2 Å². The van der Waals surface area contributed by atoms with E-state index in [-0.39, 0.29) is 17.3 Å². The van der Waals surface area contributed by atoms with Gasteiger partial charge in [-0.05, 0) is 121 Å². The Morgan fingerprint density at radius 3 is 2.23 bits per heavy atom. The standard InChI is InChI=1S/C40H45FN2O5/c1-27-33(15-13-32(44)22-28-10-6-4-7-11-28)36-26-30(41)12-14-34(36)35(27)23-29-24-37(46-2)39(38(25-29)47-3)48-40(45)43-20-16-31(17-21-43)42-18-8-5-9-19-42/h4,6-7,10-12,14,23-26,31H,5,8-9,13,15-22H2,1-3H3/b35-23-. The van der Waals surface area contributed by atoms with Gasteiger partial charge in [-0.25, -0.2) is 9.18 Å². The fraction of sp³-hybridized carbons (Fsp3) is 0.400. The SMILES string of the molecule is COc1cc(/C=C2/C(C)=C(CCC(=O)Cc3ccccc3)c3cc(F)ccc32)cc(OC)c1OC(=O)N1CCC(N2CCCCC2)CC1. The number of piperidine rings is 2. The molecule has 0 radical (unpaired) electrons. The van der Waals surface area contributed by atoms with Crippen molar-refractivity contribution in [2.75, 3.05) is 40.4 Å². The molecule has 252 valence electrons. The van der Waals surface area contributed by atoms with Crippen molar-refractivity contribution >= 4 is 29.1 Å². The lowest BCUT2D eigenvalue weighted by atomic mass is 9.97. The van der Waals surface area contributed by atoms with Crippen LogP contribution in [0.2, 0.25) is 0 Å². The lowest BCUT2D eigenvalue weighted by Crippen LogP contribution is -2.48. The molecule has 0 N–H and O–H groups in total. The van der Waals surface area contributed by atoms with E-state index in [0.717, 1.165) is 64.9 Å². The molecule has 1 amide bonds. The second-order valence-electron chi connectivity index (χ2n) is 13.0. The van der Waals surface area contributed by atoms with Gasteiger partial charge in [-0.3, -0.25) is 4.79 Å². The number of nitrogens with zero attached hydrogens (tertiary/aromatic N) is 2. The Balaban J connectivity index is 1.20. The molecule has 7 nitrogen and oxygen atoms in total. The molecule has 3 aromatic carbocycles. The zero-order valence-corrected chi connectivity index (χ0v) is 28.2. The van der Waals surface area contributed by atoms with Crippen molar-refractivity contribution in [1.29, 1.82) is 0 Å². The van der Waals surface area contributed by atoms with Gasteiger partial charge in [0.1, 0.15) is 11.6 Å². The van der Waals surface area contributed by atoms with Crippen LogP contribution in [0.25, 0.3) is 17.2 Å². The van der Waals surface area contributed by atoms with E-state index in [1.165, 1.54) is 39.5 Å². The summed E-state index contributed by atoms with van der Waals surface area (Å²) in [5.74, 6) is 0.819. The van der Waals surface area contributed by atoms with Gasteiger partial charge in [0.05, 0.1) is 14.2 Å². The summed E-state index contributed by atoms with van der Waals surface area (Å²) in [6.45, 7) is 5.63. The summed E-state index contributed by atoms with van der Waals surface area (Å²) >= 11 is 0. The van der Waals surface area contributed by atoms with Crippen LogP contribution in [0.5, 0.6) is 17.2 Å². The number of carbonyl (C=O) groups excluding carboxylic acids is 2. The highest BCUT2D eigenvalue weighted by atomic mass is 19.1. The maximum atomic E-state index is 14.5. The summed E-state index contributed by atoms with van der Waals surface area (Å²) in [7, 11) is 3.08.